The van der Waals surface area contributed by atoms with Crippen LogP contribution in [-0.2, 0) is 9.59 Å². The predicted molar refractivity (Wildman–Crippen MR) is 124 cm³/mol. The summed E-state index contributed by atoms with van der Waals surface area (Å²) in [7, 11) is 0. The third-order valence-electron chi connectivity index (χ3n) is 5.87. The number of hydrogen-bond acceptors (Lipinski definition) is 5. The molecule has 0 radical (unpaired) electrons. The predicted octanol–water partition coefficient (Wildman–Crippen LogP) is 4.09. The molecule has 2 amide bonds. The van der Waals surface area contributed by atoms with Gasteiger partial charge in [0.2, 0.25) is 0 Å². The average molecular weight is 509 g/mol. The fraction of sp³-hybridized carbons (Fsp3) is 0.375. The van der Waals surface area contributed by atoms with Gasteiger partial charge in [-0.15, -0.1) is 0 Å². The van der Waals surface area contributed by atoms with Crippen LogP contribution < -0.4 is 20.1 Å². The summed E-state index contributed by atoms with van der Waals surface area (Å²) in [4.78, 5) is 37.2. The van der Waals surface area contributed by atoms with E-state index in [0.29, 0.717) is 42.0 Å². The van der Waals surface area contributed by atoms with Crippen LogP contribution in [0.5, 0.6) is 11.5 Å². The van der Waals surface area contributed by atoms with E-state index in [4.69, 9.17) is 32.7 Å². The molecule has 1 heterocycles. The molecule has 1 saturated carbocycles. The van der Waals surface area contributed by atoms with Gasteiger partial charge in [0.1, 0.15) is 17.3 Å². The molecule has 2 aromatic carbocycles. The Morgan fingerprint density at radius 2 is 1.74 bits per heavy atom. The molecule has 0 aromatic heterocycles. The molecule has 7 nitrogen and oxygen atoms in total. The lowest BCUT2D eigenvalue weighted by molar-refractivity contribution is -0.129. The lowest BCUT2D eigenvalue weighted by Gasteiger charge is -2.31. The molecule has 1 unspecified atom stereocenters. The zero-order chi connectivity index (χ0) is 24.2. The first-order chi connectivity index (χ1) is 16.3. The quantitative estimate of drug-likeness (QED) is 0.612. The van der Waals surface area contributed by atoms with Crippen molar-refractivity contribution in [2.24, 2.45) is 0 Å². The number of halogens is 3. The van der Waals surface area contributed by atoms with Crippen LogP contribution in [0.25, 0.3) is 0 Å². The standard InChI is InChI=1S/C24H23Cl2FN2O5/c25-13-1-8-21-17(9-13)20(30)11-22(34-21)24(32)29-15-4-2-14(3-5-15)28-23(31)12-33-16-6-7-18(26)19(27)10-16/h1,6-10,14-15,22H,2-5,11-12H2,(H,28,31)(H,29,32). The number of hydrogen-bond donors (Lipinski definition) is 2. The minimum Gasteiger partial charge on any atom is -0.484 e. The highest BCUT2D eigenvalue weighted by Crippen LogP contribution is 2.30. The molecule has 2 aromatic rings. The van der Waals surface area contributed by atoms with Gasteiger partial charge < -0.3 is 20.1 Å². The van der Waals surface area contributed by atoms with Gasteiger partial charge in [-0.2, -0.15) is 0 Å². The summed E-state index contributed by atoms with van der Waals surface area (Å²) >= 11 is 11.6. The minimum atomic E-state index is -0.881. The molecule has 10 heteroatoms. The number of carbonyl (C=O) groups is 3. The first-order valence-corrected chi connectivity index (χ1v) is 11.7. The number of fused-ring (bicyclic) bond motifs is 1. The van der Waals surface area contributed by atoms with Crippen molar-refractivity contribution >= 4 is 40.8 Å². The summed E-state index contributed by atoms with van der Waals surface area (Å²) in [6, 6.07) is 8.61. The Morgan fingerprint density at radius 3 is 2.44 bits per heavy atom. The Kier molecular flexibility index (Phi) is 7.58. The fourth-order valence-corrected chi connectivity index (χ4v) is 4.39. The molecular formula is C24H23Cl2FN2O5. The number of rotatable bonds is 6. The van der Waals surface area contributed by atoms with E-state index >= 15 is 0 Å². The number of amides is 2. The molecule has 4 rings (SSSR count). The SMILES string of the molecule is O=C(COc1ccc(Cl)c(F)c1)NC1CCC(NC(=O)C2CC(=O)c3cc(Cl)ccc3O2)CC1. The van der Waals surface area contributed by atoms with E-state index in [-0.39, 0.29) is 53.5 Å². The monoisotopic (exact) mass is 508 g/mol. The number of ketones is 1. The Morgan fingerprint density at radius 1 is 1.03 bits per heavy atom. The second-order valence-corrected chi connectivity index (χ2v) is 9.21. The smallest absolute Gasteiger partial charge is 0.261 e. The fourth-order valence-electron chi connectivity index (χ4n) is 4.10. The summed E-state index contributed by atoms with van der Waals surface area (Å²) in [6.45, 7) is -0.239. The van der Waals surface area contributed by atoms with Crippen molar-refractivity contribution in [1.29, 1.82) is 0 Å². The summed E-state index contributed by atoms with van der Waals surface area (Å²) in [6.07, 6.45) is 1.78. The van der Waals surface area contributed by atoms with Crippen LogP contribution in [0.15, 0.2) is 36.4 Å². The van der Waals surface area contributed by atoms with Crippen LogP contribution in [0, 0.1) is 5.82 Å². The first-order valence-electron chi connectivity index (χ1n) is 11.0. The van der Waals surface area contributed by atoms with E-state index < -0.39 is 11.9 Å². The topological polar surface area (TPSA) is 93.7 Å². The molecule has 0 bridgehead atoms. The van der Waals surface area contributed by atoms with Gasteiger partial charge in [0, 0.05) is 23.2 Å². The van der Waals surface area contributed by atoms with Gasteiger partial charge in [0.15, 0.2) is 18.5 Å². The Bertz CT molecular complexity index is 1100. The maximum atomic E-state index is 13.4. The summed E-state index contributed by atoms with van der Waals surface area (Å²) < 4.78 is 24.5. The van der Waals surface area contributed by atoms with Crippen LogP contribution in [0.3, 0.4) is 0 Å². The lowest BCUT2D eigenvalue weighted by atomic mass is 9.90. The molecule has 2 N–H and O–H groups in total. The number of benzene rings is 2. The van der Waals surface area contributed by atoms with Crippen molar-refractivity contribution < 1.29 is 28.2 Å². The van der Waals surface area contributed by atoms with Gasteiger partial charge in [-0.25, -0.2) is 4.39 Å². The lowest BCUT2D eigenvalue weighted by Crippen LogP contribution is -2.49. The maximum absolute atomic E-state index is 13.4. The molecule has 1 fully saturated rings. The molecule has 1 aliphatic heterocycles. The van der Waals surface area contributed by atoms with Crippen molar-refractivity contribution in [3.63, 3.8) is 0 Å². The zero-order valence-corrected chi connectivity index (χ0v) is 19.6. The van der Waals surface area contributed by atoms with Crippen molar-refractivity contribution in [1.82, 2.24) is 10.6 Å². The van der Waals surface area contributed by atoms with Crippen molar-refractivity contribution in [3.05, 3.63) is 57.8 Å². The Hall–Kier alpha value is -2.84. The normalized spacial score (nSPS) is 21.7. The van der Waals surface area contributed by atoms with E-state index in [2.05, 4.69) is 10.6 Å². The van der Waals surface area contributed by atoms with Crippen LogP contribution in [0.4, 0.5) is 4.39 Å². The third-order valence-corrected chi connectivity index (χ3v) is 6.42. The van der Waals surface area contributed by atoms with Crippen LogP contribution in [0.2, 0.25) is 10.0 Å². The first kappa shape index (κ1) is 24.3. The highest BCUT2D eigenvalue weighted by Gasteiger charge is 2.33. The highest BCUT2D eigenvalue weighted by atomic mass is 35.5. The van der Waals surface area contributed by atoms with E-state index in [0.717, 1.165) is 6.07 Å². The molecule has 2 aliphatic rings. The largest absolute Gasteiger partial charge is 0.484 e. The molecule has 0 spiro atoms. The van der Waals surface area contributed by atoms with Gasteiger partial charge in [0.05, 0.1) is 17.0 Å². The average Bonchev–Trinajstić information content (AvgIpc) is 2.81. The van der Waals surface area contributed by atoms with Gasteiger partial charge in [-0.3, -0.25) is 14.4 Å². The number of ether oxygens (including phenoxy) is 2. The highest BCUT2D eigenvalue weighted by molar-refractivity contribution is 6.31. The van der Waals surface area contributed by atoms with E-state index in [1.165, 1.54) is 12.1 Å². The van der Waals surface area contributed by atoms with E-state index in [1.54, 1.807) is 18.2 Å². The summed E-state index contributed by atoms with van der Waals surface area (Å²) in [5, 5.41) is 6.27. The van der Waals surface area contributed by atoms with Gasteiger partial charge in [-0.1, -0.05) is 23.2 Å². The van der Waals surface area contributed by atoms with E-state index in [1.807, 2.05) is 0 Å². The Balaban J connectivity index is 1.20. The van der Waals surface area contributed by atoms with Crippen LogP contribution in [0.1, 0.15) is 42.5 Å². The van der Waals surface area contributed by atoms with E-state index in [9.17, 15) is 18.8 Å². The third kappa shape index (κ3) is 5.98. The molecule has 0 saturated heterocycles. The van der Waals surface area contributed by atoms with Crippen LogP contribution >= 0.6 is 23.2 Å². The van der Waals surface area contributed by atoms with Crippen molar-refractivity contribution in [2.75, 3.05) is 6.61 Å². The minimum absolute atomic E-state index is 0.0166. The second kappa shape index (κ2) is 10.6. The van der Waals surface area contributed by atoms with Crippen molar-refractivity contribution in [2.45, 2.75) is 50.3 Å². The molecular weight excluding hydrogens is 486 g/mol. The molecule has 1 atom stereocenters. The maximum Gasteiger partial charge on any atom is 0.261 e. The van der Waals surface area contributed by atoms with Crippen molar-refractivity contribution in [3.8, 4) is 11.5 Å². The number of nitrogens with one attached hydrogen (secondary N) is 2. The second-order valence-electron chi connectivity index (χ2n) is 8.36. The van der Waals surface area contributed by atoms with Crippen LogP contribution in [-0.4, -0.2) is 42.4 Å². The molecule has 180 valence electrons. The Labute approximate surface area is 205 Å². The number of carbonyl (C=O) groups excluding carboxylic acids is 3. The zero-order valence-electron chi connectivity index (χ0n) is 18.1. The molecule has 34 heavy (non-hydrogen) atoms. The van der Waals surface area contributed by atoms with Gasteiger partial charge >= 0.3 is 0 Å². The molecule has 1 aliphatic carbocycles. The summed E-state index contributed by atoms with van der Waals surface area (Å²) in [5.41, 5.74) is 0.387. The summed E-state index contributed by atoms with van der Waals surface area (Å²) in [5.74, 6) is -0.857. The van der Waals surface area contributed by atoms with Gasteiger partial charge in [-0.05, 0) is 56.0 Å². The van der Waals surface area contributed by atoms with Gasteiger partial charge in [0.25, 0.3) is 11.8 Å². The number of Topliss-reactive ketones (excluding diaryl/α,β-unsaturated/α-hetero) is 1.